The fourth-order valence-electron chi connectivity index (χ4n) is 2.61. The lowest BCUT2D eigenvalue weighted by molar-refractivity contribution is -0.147. The third-order valence-corrected chi connectivity index (χ3v) is 4.01. The van der Waals surface area contributed by atoms with Gasteiger partial charge in [0.05, 0.1) is 12.1 Å². The number of rotatable bonds is 5. The maximum absolute atomic E-state index is 12.4. The van der Waals surface area contributed by atoms with Gasteiger partial charge in [-0.2, -0.15) is 0 Å². The number of carbonyl (C=O) groups is 1. The Bertz CT molecular complexity index is 853. The molecule has 0 unspecified atom stereocenters. The van der Waals surface area contributed by atoms with E-state index < -0.39 is 0 Å². The summed E-state index contributed by atoms with van der Waals surface area (Å²) in [6, 6.07) is 16.1. The summed E-state index contributed by atoms with van der Waals surface area (Å²) in [6.45, 7) is 3.63. The second-order valence-electron chi connectivity index (χ2n) is 5.84. The van der Waals surface area contributed by atoms with E-state index in [1.807, 2.05) is 37.3 Å². The van der Waals surface area contributed by atoms with Gasteiger partial charge in [-0.25, -0.2) is 0 Å². The first-order chi connectivity index (χ1) is 12.0. The molecule has 1 heterocycles. The molecule has 0 radical (unpaired) electrons. The fourth-order valence-corrected chi connectivity index (χ4v) is 2.61. The molecule has 0 aliphatic heterocycles. The van der Waals surface area contributed by atoms with Gasteiger partial charge in [0.15, 0.2) is 5.76 Å². The van der Waals surface area contributed by atoms with Crippen molar-refractivity contribution in [3.05, 3.63) is 71.4 Å². The number of carbonyl (C=O) groups excluding carboxylic acids is 1. The number of benzene rings is 2. The number of aromatic hydroxyl groups is 1. The van der Waals surface area contributed by atoms with Crippen molar-refractivity contribution in [1.82, 2.24) is 5.16 Å². The number of hydrogen-bond acceptors (Lipinski definition) is 5. The van der Waals surface area contributed by atoms with E-state index in [9.17, 15) is 9.90 Å². The SMILES string of the molecule is Cc1noc(-c2ccc(O)cc2)c1CC(=O)O[C@H](C)c1ccccc1. The summed E-state index contributed by atoms with van der Waals surface area (Å²) in [7, 11) is 0. The number of aromatic nitrogens is 1. The van der Waals surface area contributed by atoms with Crippen LogP contribution in [0.2, 0.25) is 0 Å². The molecule has 0 saturated heterocycles. The van der Waals surface area contributed by atoms with Gasteiger partial charge in [0.25, 0.3) is 0 Å². The van der Waals surface area contributed by atoms with E-state index in [0.717, 1.165) is 11.1 Å². The molecule has 25 heavy (non-hydrogen) atoms. The van der Waals surface area contributed by atoms with Gasteiger partial charge in [-0.1, -0.05) is 35.5 Å². The Balaban J connectivity index is 1.75. The first kappa shape index (κ1) is 16.8. The molecule has 0 fully saturated rings. The summed E-state index contributed by atoms with van der Waals surface area (Å²) in [5, 5.41) is 13.4. The molecule has 0 saturated carbocycles. The van der Waals surface area contributed by atoms with Crippen molar-refractivity contribution in [2.24, 2.45) is 0 Å². The lowest BCUT2D eigenvalue weighted by atomic mass is 10.0. The standard InChI is InChI=1S/C20H19NO4/c1-13-18(20(25-21-13)16-8-10-17(22)11-9-16)12-19(23)24-14(2)15-6-4-3-5-7-15/h3-11,14,22H,12H2,1-2H3/t14-/m1/s1. The topological polar surface area (TPSA) is 72.6 Å². The van der Waals surface area contributed by atoms with Crippen molar-refractivity contribution in [2.45, 2.75) is 26.4 Å². The molecule has 3 aromatic rings. The minimum absolute atomic E-state index is 0.0721. The maximum atomic E-state index is 12.4. The average Bonchev–Trinajstić information content (AvgIpc) is 2.97. The molecule has 0 aliphatic rings. The quantitative estimate of drug-likeness (QED) is 0.706. The first-order valence-corrected chi connectivity index (χ1v) is 8.03. The molecular weight excluding hydrogens is 318 g/mol. The predicted octanol–water partition coefficient (Wildman–Crippen LogP) is 4.20. The monoisotopic (exact) mass is 337 g/mol. The Hall–Kier alpha value is -3.08. The molecule has 1 atom stereocenters. The maximum Gasteiger partial charge on any atom is 0.311 e. The van der Waals surface area contributed by atoms with E-state index >= 15 is 0 Å². The van der Waals surface area contributed by atoms with E-state index in [1.54, 1.807) is 31.2 Å². The second kappa shape index (κ2) is 7.21. The molecule has 128 valence electrons. The number of esters is 1. The lowest BCUT2D eigenvalue weighted by Crippen LogP contribution is -2.12. The highest BCUT2D eigenvalue weighted by Crippen LogP contribution is 2.28. The van der Waals surface area contributed by atoms with Crippen LogP contribution in [0.5, 0.6) is 5.75 Å². The van der Waals surface area contributed by atoms with Crippen molar-refractivity contribution in [3.63, 3.8) is 0 Å². The van der Waals surface area contributed by atoms with E-state index in [1.165, 1.54) is 0 Å². The largest absolute Gasteiger partial charge is 0.508 e. The van der Waals surface area contributed by atoms with E-state index in [0.29, 0.717) is 17.0 Å². The Morgan fingerprint density at radius 1 is 1.16 bits per heavy atom. The van der Waals surface area contributed by atoms with Crippen molar-refractivity contribution < 1.29 is 19.2 Å². The number of hydrogen-bond donors (Lipinski definition) is 1. The summed E-state index contributed by atoms with van der Waals surface area (Å²) in [4.78, 5) is 12.4. The number of phenolic OH excluding ortho intramolecular Hbond substituents is 1. The van der Waals surface area contributed by atoms with Crippen LogP contribution in [-0.4, -0.2) is 16.2 Å². The molecule has 0 bridgehead atoms. The molecule has 5 nitrogen and oxygen atoms in total. The van der Waals surface area contributed by atoms with Gasteiger partial charge in [-0.15, -0.1) is 0 Å². The summed E-state index contributed by atoms with van der Waals surface area (Å²) >= 11 is 0. The van der Waals surface area contributed by atoms with Crippen LogP contribution in [0, 0.1) is 6.92 Å². The Morgan fingerprint density at radius 3 is 2.52 bits per heavy atom. The molecule has 2 aromatic carbocycles. The molecule has 0 spiro atoms. The van der Waals surface area contributed by atoms with Crippen molar-refractivity contribution in [1.29, 1.82) is 0 Å². The van der Waals surface area contributed by atoms with Crippen LogP contribution in [0.25, 0.3) is 11.3 Å². The van der Waals surface area contributed by atoms with Gasteiger partial charge in [0.1, 0.15) is 11.9 Å². The van der Waals surface area contributed by atoms with Gasteiger partial charge in [0, 0.05) is 11.1 Å². The molecule has 0 aliphatic carbocycles. The molecule has 3 rings (SSSR count). The van der Waals surface area contributed by atoms with Crippen LogP contribution in [0.15, 0.2) is 59.1 Å². The molecule has 1 N–H and O–H groups in total. The fraction of sp³-hybridized carbons (Fsp3) is 0.200. The highest BCUT2D eigenvalue weighted by atomic mass is 16.5. The Labute approximate surface area is 145 Å². The summed E-state index contributed by atoms with van der Waals surface area (Å²) < 4.78 is 10.9. The third kappa shape index (κ3) is 3.88. The van der Waals surface area contributed by atoms with Gasteiger partial charge in [-0.05, 0) is 43.7 Å². The number of nitrogens with zero attached hydrogens (tertiary/aromatic N) is 1. The number of phenols is 1. The van der Waals surface area contributed by atoms with E-state index in [4.69, 9.17) is 9.26 Å². The minimum Gasteiger partial charge on any atom is -0.508 e. The molecule has 5 heteroatoms. The number of ether oxygens (including phenoxy) is 1. The van der Waals surface area contributed by atoms with E-state index in [-0.39, 0.29) is 24.2 Å². The average molecular weight is 337 g/mol. The van der Waals surface area contributed by atoms with Crippen molar-refractivity contribution >= 4 is 5.97 Å². The Kier molecular flexibility index (Phi) is 4.84. The van der Waals surface area contributed by atoms with Gasteiger partial charge in [-0.3, -0.25) is 4.79 Å². The van der Waals surface area contributed by atoms with Crippen LogP contribution < -0.4 is 0 Å². The van der Waals surface area contributed by atoms with Gasteiger partial charge in [0.2, 0.25) is 0 Å². The molecule has 1 aromatic heterocycles. The highest BCUT2D eigenvalue weighted by molar-refractivity contribution is 5.77. The van der Waals surface area contributed by atoms with Crippen LogP contribution >= 0.6 is 0 Å². The normalized spacial score (nSPS) is 11.9. The van der Waals surface area contributed by atoms with Gasteiger partial charge < -0.3 is 14.4 Å². The Morgan fingerprint density at radius 2 is 1.84 bits per heavy atom. The zero-order valence-corrected chi connectivity index (χ0v) is 14.1. The minimum atomic E-state index is -0.345. The zero-order valence-electron chi connectivity index (χ0n) is 14.1. The van der Waals surface area contributed by atoms with Crippen LogP contribution in [-0.2, 0) is 16.0 Å². The number of aryl methyl sites for hydroxylation is 1. The highest BCUT2D eigenvalue weighted by Gasteiger charge is 2.20. The first-order valence-electron chi connectivity index (χ1n) is 8.03. The molecule has 0 amide bonds. The lowest BCUT2D eigenvalue weighted by Gasteiger charge is -2.13. The summed E-state index contributed by atoms with van der Waals surface area (Å²) in [5.41, 5.74) is 3.03. The van der Waals surface area contributed by atoms with Crippen LogP contribution in [0.3, 0.4) is 0 Å². The summed E-state index contributed by atoms with van der Waals surface area (Å²) in [5.74, 6) is 0.335. The van der Waals surface area contributed by atoms with Crippen LogP contribution in [0.1, 0.15) is 29.8 Å². The second-order valence-corrected chi connectivity index (χ2v) is 5.84. The van der Waals surface area contributed by atoms with Crippen LogP contribution in [0.4, 0.5) is 0 Å². The van der Waals surface area contributed by atoms with Crippen molar-refractivity contribution in [3.8, 4) is 17.1 Å². The third-order valence-electron chi connectivity index (χ3n) is 4.01. The summed E-state index contributed by atoms with van der Waals surface area (Å²) in [6.07, 6.45) is -0.256. The van der Waals surface area contributed by atoms with E-state index in [2.05, 4.69) is 5.16 Å². The smallest absolute Gasteiger partial charge is 0.311 e. The van der Waals surface area contributed by atoms with Crippen molar-refractivity contribution in [2.75, 3.05) is 0 Å². The zero-order chi connectivity index (χ0) is 17.8. The predicted molar refractivity (Wildman–Crippen MR) is 93.0 cm³/mol. The van der Waals surface area contributed by atoms with Gasteiger partial charge >= 0.3 is 5.97 Å². The molecular formula is C20H19NO4.